The van der Waals surface area contributed by atoms with Crippen molar-refractivity contribution in [2.45, 2.75) is 77.5 Å². The molecule has 3 rings (SSSR count). The Bertz CT molecular complexity index is 552. The van der Waals surface area contributed by atoms with Crippen LogP contribution in [0, 0.1) is 35.0 Å². The summed E-state index contributed by atoms with van der Waals surface area (Å²) < 4.78 is 18.1. The maximum atomic E-state index is 10.6. The molecule has 0 aromatic heterocycles. The first-order chi connectivity index (χ1) is 11.6. The molecule has 1 saturated heterocycles. The predicted octanol–water partition coefficient (Wildman–Crippen LogP) is 3.21. The third kappa shape index (κ3) is 3.21. The number of aliphatic hydroxyl groups is 1. The van der Waals surface area contributed by atoms with Crippen molar-refractivity contribution in [3.63, 3.8) is 0 Å². The van der Waals surface area contributed by atoms with E-state index in [9.17, 15) is 5.11 Å². The van der Waals surface area contributed by atoms with Gasteiger partial charge in [0, 0.05) is 23.7 Å². The van der Waals surface area contributed by atoms with Crippen LogP contribution in [0.1, 0.15) is 47.0 Å². The van der Waals surface area contributed by atoms with E-state index in [0.717, 1.165) is 19.3 Å². The van der Waals surface area contributed by atoms with Crippen LogP contribution in [0.3, 0.4) is 0 Å². The smallest absolute Gasteiger partial charge is 0.207 e. The zero-order chi connectivity index (χ0) is 18.5. The molecule has 3 fully saturated rings. The van der Waals surface area contributed by atoms with Crippen molar-refractivity contribution in [1.29, 1.82) is 0 Å². The van der Waals surface area contributed by atoms with E-state index in [4.69, 9.17) is 13.9 Å². The summed E-state index contributed by atoms with van der Waals surface area (Å²) in [5.41, 5.74) is -0.525. The first-order valence-electron chi connectivity index (χ1n) is 9.62. The van der Waals surface area contributed by atoms with Gasteiger partial charge in [-0.1, -0.05) is 39.5 Å². The summed E-state index contributed by atoms with van der Waals surface area (Å²) in [6.45, 7) is 14.4. The molecule has 2 aliphatic carbocycles. The van der Waals surface area contributed by atoms with Crippen LogP contribution in [0.15, 0.2) is 0 Å². The van der Waals surface area contributed by atoms with E-state index in [2.05, 4.69) is 52.6 Å². The van der Waals surface area contributed by atoms with Gasteiger partial charge in [0.2, 0.25) is 9.04 Å². The van der Waals surface area contributed by atoms with Gasteiger partial charge < -0.3 is 19.0 Å². The average molecular weight is 366 g/mol. The second-order valence-electron chi connectivity index (χ2n) is 9.02. The van der Waals surface area contributed by atoms with E-state index >= 15 is 0 Å². The van der Waals surface area contributed by atoms with Crippen LogP contribution in [0.4, 0.5) is 0 Å². The van der Waals surface area contributed by atoms with Gasteiger partial charge in [0.25, 0.3) is 0 Å². The standard InChI is InChI=1S/C20H33O4Si/c1-7-19(18(2,3)4,24-25(5)6)9-8-14-15-13-20(22-10-11-23-20)16(15)12-17(14)21/h14-17,21H,7,10-13H2,1-6H3. The fourth-order valence-electron chi connectivity index (χ4n) is 4.82. The van der Waals surface area contributed by atoms with Gasteiger partial charge in [-0.15, -0.1) is 0 Å². The fourth-order valence-corrected chi connectivity index (χ4v) is 6.02. The van der Waals surface area contributed by atoms with Gasteiger partial charge in [-0.25, -0.2) is 0 Å². The summed E-state index contributed by atoms with van der Waals surface area (Å²) >= 11 is 0. The van der Waals surface area contributed by atoms with Crippen LogP contribution in [0.2, 0.25) is 13.1 Å². The van der Waals surface area contributed by atoms with Crippen LogP contribution in [-0.4, -0.2) is 44.9 Å². The van der Waals surface area contributed by atoms with Crippen LogP contribution in [-0.2, 0) is 13.9 Å². The molecule has 5 atom stereocenters. The minimum Gasteiger partial charge on any atom is -0.401 e. The molecule has 5 heteroatoms. The first kappa shape index (κ1) is 19.4. The number of aliphatic hydroxyl groups excluding tert-OH is 1. The van der Waals surface area contributed by atoms with E-state index < -0.39 is 26.5 Å². The fraction of sp³-hybridized carbons (Fsp3) is 0.900. The largest absolute Gasteiger partial charge is 0.401 e. The molecule has 1 aliphatic heterocycles. The molecule has 0 aromatic rings. The maximum absolute atomic E-state index is 10.6. The number of rotatable bonds is 3. The highest BCUT2D eigenvalue weighted by molar-refractivity contribution is 6.48. The lowest BCUT2D eigenvalue weighted by atomic mass is 9.67. The lowest BCUT2D eigenvalue weighted by Gasteiger charge is -2.48. The molecule has 3 aliphatic rings. The van der Waals surface area contributed by atoms with Gasteiger partial charge >= 0.3 is 0 Å². The summed E-state index contributed by atoms with van der Waals surface area (Å²) in [7, 11) is -0.876. The third-order valence-corrected chi connectivity index (χ3v) is 7.03. The van der Waals surface area contributed by atoms with Crippen molar-refractivity contribution in [3.05, 3.63) is 0 Å². The van der Waals surface area contributed by atoms with Gasteiger partial charge in [0.1, 0.15) is 5.60 Å². The van der Waals surface area contributed by atoms with Crippen LogP contribution >= 0.6 is 0 Å². The number of ether oxygens (including phenoxy) is 2. The minimum absolute atomic E-state index is 0.00434. The Labute approximate surface area is 154 Å². The second kappa shape index (κ2) is 6.65. The summed E-state index contributed by atoms with van der Waals surface area (Å²) in [6, 6.07) is 0. The number of hydrogen-bond donors (Lipinski definition) is 1. The highest BCUT2D eigenvalue weighted by atomic mass is 28.3. The molecule has 0 aromatic carbocycles. The van der Waals surface area contributed by atoms with E-state index in [1.807, 2.05) is 0 Å². The third-order valence-electron chi connectivity index (χ3n) is 6.28. The molecule has 2 saturated carbocycles. The normalized spacial score (nSPS) is 35.8. The summed E-state index contributed by atoms with van der Waals surface area (Å²) in [4.78, 5) is 0. The summed E-state index contributed by atoms with van der Waals surface area (Å²) in [5, 5.41) is 10.6. The van der Waals surface area contributed by atoms with Crippen molar-refractivity contribution in [2.24, 2.45) is 23.2 Å². The molecule has 141 valence electrons. The Balaban J connectivity index is 1.81. The van der Waals surface area contributed by atoms with Crippen molar-refractivity contribution >= 4 is 9.04 Å². The Kier molecular flexibility index (Phi) is 5.16. The molecule has 4 nitrogen and oxygen atoms in total. The SMILES string of the molecule is CCC(C#CC1C(O)CC2C1CC21OCCO1)(O[Si](C)C)C(C)(C)C. The van der Waals surface area contributed by atoms with Crippen LogP contribution in [0.25, 0.3) is 0 Å². The topological polar surface area (TPSA) is 47.9 Å². The molecule has 1 heterocycles. The van der Waals surface area contributed by atoms with Crippen LogP contribution < -0.4 is 0 Å². The second-order valence-corrected chi connectivity index (χ2v) is 11.0. The lowest BCUT2D eigenvalue weighted by molar-refractivity contribution is -0.270. The minimum atomic E-state index is -0.876. The average Bonchev–Trinajstić information content (AvgIpc) is 3.08. The summed E-state index contributed by atoms with van der Waals surface area (Å²) in [6.07, 6.45) is 2.06. The van der Waals surface area contributed by atoms with Crippen molar-refractivity contribution in [2.75, 3.05) is 13.2 Å². The summed E-state index contributed by atoms with van der Waals surface area (Å²) in [5.74, 6) is 7.20. The zero-order valence-electron chi connectivity index (χ0n) is 16.5. The van der Waals surface area contributed by atoms with Gasteiger partial charge in [-0.3, -0.25) is 0 Å². The molecule has 1 spiro atoms. The van der Waals surface area contributed by atoms with E-state index in [1.165, 1.54) is 0 Å². The van der Waals surface area contributed by atoms with Gasteiger partial charge in [0.15, 0.2) is 5.79 Å². The van der Waals surface area contributed by atoms with E-state index in [-0.39, 0.29) is 17.3 Å². The molecule has 1 N–H and O–H groups in total. The molecule has 25 heavy (non-hydrogen) atoms. The van der Waals surface area contributed by atoms with E-state index in [0.29, 0.717) is 19.1 Å². The molecule has 5 unspecified atom stereocenters. The van der Waals surface area contributed by atoms with Gasteiger partial charge in [-0.05, 0) is 31.9 Å². The number of hydrogen-bond acceptors (Lipinski definition) is 4. The highest BCUT2D eigenvalue weighted by Gasteiger charge is 2.64. The molecular formula is C20H33O4Si. The Morgan fingerprint density at radius 3 is 2.40 bits per heavy atom. The monoisotopic (exact) mass is 365 g/mol. The predicted molar refractivity (Wildman–Crippen MR) is 99.2 cm³/mol. The van der Waals surface area contributed by atoms with Crippen LogP contribution in [0.5, 0.6) is 0 Å². The quantitative estimate of drug-likeness (QED) is 0.616. The Morgan fingerprint density at radius 1 is 1.24 bits per heavy atom. The maximum Gasteiger partial charge on any atom is 0.207 e. The molecule has 1 radical (unpaired) electrons. The van der Waals surface area contributed by atoms with Gasteiger partial charge in [0.05, 0.1) is 19.3 Å². The van der Waals surface area contributed by atoms with Crippen molar-refractivity contribution in [1.82, 2.24) is 0 Å². The molecule has 0 amide bonds. The van der Waals surface area contributed by atoms with E-state index in [1.54, 1.807) is 0 Å². The molecule has 0 bridgehead atoms. The van der Waals surface area contributed by atoms with Crippen molar-refractivity contribution in [3.8, 4) is 11.8 Å². The zero-order valence-corrected chi connectivity index (χ0v) is 17.5. The Morgan fingerprint density at radius 2 is 1.88 bits per heavy atom. The van der Waals surface area contributed by atoms with Gasteiger partial charge in [-0.2, -0.15) is 0 Å². The first-order valence-corrected chi connectivity index (χ1v) is 12.0. The van der Waals surface area contributed by atoms with Crippen molar-refractivity contribution < 1.29 is 19.0 Å². The Hall–Kier alpha value is -0.383. The molecular weight excluding hydrogens is 332 g/mol. The number of fused-ring (bicyclic) bond motifs is 2. The lowest BCUT2D eigenvalue weighted by Crippen LogP contribution is -2.53. The highest BCUT2D eigenvalue weighted by Crippen LogP contribution is 2.59.